The fourth-order valence-electron chi connectivity index (χ4n) is 2.23. The first-order chi connectivity index (χ1) is 10.9. The van der Waals surface area contributed by atoms with E-state index in [1.54, 1.807) is 0 Å². The van der Waals surface area contributed by atoms with Crippen LogP contribution in [0.5, 0.6) is 5.75 Å². The van der Waals surface area contributed by atoms with Crippen molar-refractivity contribution in [1.29, 1.82) is 0 Å². The van der Waals surface area contributed by atoms with E-state index in [9.17, 15) is 27.9 Å². The third-order valence-electron chi connectivity index (χ3n) is 3.69. The summed E-state index contributed by atoms with van der Waals surface area (Å²) in [6.45, 7) is 2.68. The van der Waals surface area contributed by atoms with Crippen molar-refractivity contribution in [3.05, 3.63) is 33.9 Å². The number of alkyl halides is 3. The molecule has 5 nitrogen and oxygen atoms in total. The van der Waals surface area contributed by atoms with E-state index < -0.39 is 35.2 Å². The summed E-state index contributed by atoms with van der Waals surface area (Å²) in [5, 5.41) is 18.2. The van der Waals surface area contributed by atoms with Crippen molar-refractivity contribution in [2.24, 2.45) is 0 Å². The molecule has 1 aliphatic heterocycles. The Morgan fingerprint density at radius 2 is 1.79 bits per heavy atom. The molecule has 9 heteroatoms. The highest BCUT2D eigenvalue weighted by Gasteiger charge is 2.48. The fraction of sp³-hybridized carbons (Fsp3) is 0.333. The van der Waals surface area contributed by atoms with E-state index in [0.29, 0.717) is 0 Å². The summed E-state index contributed by atoms with van der Waals surface area (Å²) < 4.78 is 43.9. The highest BCUT2D eigenvalue weighted by molar-refractivity contribution is 6.32. The maximum atomic E-state index is 13.0. The summed E-state index contributed by atoms with van der Waals surface area (Å²) in [5.74, 6) is -3.28. The first-order valence-electron chi connectivity index (χ1n) is 6.61. The molecule has 0 amide bonds. The van der Waals surface area contributed by atoms with Crippen LogP contribution in [0.3, 0.4) is 0 Å². The predicted molar refractivity (Wildman–Crippen MR) is 78.2 cm³/mol. The van der Waals surface area contributed by atoms with Crippen molar-refractivity contribution in [2.45, 2.75) is 31.5 Å². The minimum absolute atomic E-state index is 0.0174. The van der Waals surface area contributed by atoms with Gasteiger partial charge in [-0.15, -0.1) is 0 Å². The lowest BCUT2D eigenvalue weighted by molar-refractivity contribution is -0.187. The Labute approximate surface area is 139 Å². The van der Waals surface area contributed by atoms with Crippen molar-refractivity contribution in [3.63, 3.8) is 0 Å². The van der Waals surface area contributed by atoms with Crippen LogP contribution < -0.4 is 4.74 Å². The van der Waals surface area contributed by atoms with Gasteiger partial charge in [-0.25, -0.2) is 4.79 Å². The molecule has 1 atom stereocenters. The number of aliphatic carboxylic acids is 2. The molecule has 0 radical (unpaired) electrons. The van der Waals surface area contributed by atoms with Crippen LogP contribution in [0.15, 0.2) is 17.7 Å². The van der Waals surface area contributed by atoms with Gasteiger partial charge >= 0.3 is 18.1 Å². The number of carboxylic acids is 2. The second-order valence-electron chi connectivity index (χ2n) is 5.74. The zero-order valence-corrected chi connectivity index (χ0v) is 13.2. The molecule has 0 bridgehead atoms. The Hall–Kier alpha value is -2.22. The maximum absolute atomic E-state index is 13.0. The smallest absolute Gasteiger partial charge is 0.430 e. The molecule has 1 aromatic carbocycles. The lowest BCUT2D eigenvalue weighted by atomic mass is 9.83. The fourth-order valence-corrected chi connectivity index (χ4v) is 2.64. The van der Waals surface area contributed by atoms with E-state index in [1.807, 2.05) is 0 Å². The van der Waals surface area contributed by atoms with Gasteiger partial charge in [0.1, 0.15) is 5.75 Å². The van der Waals surface area contributed by atoms with Crippen molar-refractivity contribution >= 4 is 29.6 Å². The Kier molecular flexibility index (Phi) is 4.30. The molecule has 1 unspecified atom stereocenters. The highest BCUT2D eigenvalue weighted by Crippen LogP contribution is 2.42. The number of hydrogen-bond donors (Lipinski definition) is 2. The average molecular weight is 365 g/mol. The Bertz CT molecular complexity index is 752. The average Bonchev–Trinajstić information content (AvgIpc) is 2.43. The predicted octanol–water partition coefficient (Wildman–Crippen LogP) is 3.49. The number of hydrogen-bond acceptors (Lipinski definition) is 3. The zero-order valence-electron chi connectivity index (χ0n) is 12.4. The Morgan fingerprint density at radius 3 is 2.25 bits per heavy atom. The standard InChI is InChI=1S/C15H12ClF3O5/c1-14(2,13(22)23)8-5-10-6(4-9(8)16)3-7(12(20)21)11(24-10)15(17,18)19/h3-5,11H,1-2H3,(H,20,21)(H,22,23). The van der Waals surface area contributed by atoms with Gasteiger partial charge in [0.2, 0.25) is 6.10 Å². The number of halogens is 4. The number of ether oxygens (including phenoxy) is 1. The summed E-state index contributed by atoms with van der Waals surface area (Å²) in [6.07, 6.45) is -6.77. The zero-order chi connectivity index (χ0) is 18.4. The molecule has 1 heterocycles. The molecule has 2 N–H and O–H groups in total. The van der Waals surface area contributed by atoms with Crippen molar-refractivity contribution in [1.82, 2.24) is 0 Å². The van der Waals surface area contributed by atoms with Crippen LogP contribution in [-0.4, -0.2) is 34.4 Å². The SMILES string of the molecule is CC(C)(C(=O)O)c1cc2c(cc1Cl)C=C(C(=O)O)C(C(F)(F)F)O2. The first kappa shape index (κ1) is 18.1. The first-order valence-corrected chi connectivity index (χ1v) is 6.99. The Balaban J connectivity index is 2.64. The van der Waals surface area contributed by atoms with Crippen molar-refractivity contribution in [2.75, 3.05) is 0 Å². The molecule has 0 aliphatic carbocycles. The largest absolute Gasteiger partial charge is 0.481 e. The second kappa shape index (κ2) is 5.70. The number of carboxylic acid groups (broad SMARTS) is 2. The van der Waals surface area contributed by atoms with Gasteiger partial charge in [-0.3, -0.25) is 4.79 Å². The van der Waals surface area contributed by atoms with Crippen LogP contribution in [0.2, 0.25) is 5.02 Å². The molecule has 0 aromatic heterocycles. The van der Waals surface area contributed by atoms with Gasteiger partial charge < -0.3 is 14.9 Å². The summed E-state index contributed by atoms with van der Waals surface area (Å²) in [5.41, 5.74) is -2.36. The number of carbonyl (C=O) groups is 2. The summed E-state index contributed by atoms with van der Waals surface area (Å²) in [6, 6.07) is 2.28. The summed E-state index contributed by atoms with van der Waals surface area (Å²) in [7, 11) is 0. The maximum Gasteiger partial charge on any atom is 0.430 e. The molecule has 0 saturated carbocycles. The molecule has 130 valence electrons. The van der Waals surface area contributed by atoms with E-state index in [-0.39, 0.29) is 21.9 Å². The minimum atomic E-state index is -4.94. The third-order valence-corrected chi connectivity index (χ3v) is 4.00. The number of benzene rings is 1. The van der Waals surface area contributed by atoms with Gasteiger partial charge in [-0.05, 0) is 37.6 Å². The van der Waals surface area contributed by atoms with E-state index in [2.05, 4.69) is 0 Å². The molecule has 0 spiro atoms. The van der Waals surface area contributed by atoms with Crippen LogP contribution in [0.25, 0.3) is 6.08 Å². The molecule has 1 aliphatic rings. The summed E-state index contributed by atoms with van der Waals surface area (Å²) in [4.78, 5) is 22.4. The third kappa shape index (κ3) is 3.06. The van der Waals surface area contributed by atoms with Gasteiger partial charge in [0, 0.05) is 10.6 Å². The molecule has 1 aromatic rings. The summed E-state index contributed by atoms with van der Waals surface area (Å²) >= 11 is 6.03. The topological polar surface area (TPSA) is 83.8 Å². The Morgan fingerprint density at radius 1 is 1.21 bits per heavy atom. The van der Waals surface area contributed by atoms with Gasteiger partial charge in [-0.2, -0.15) is 13.2 Å². The molecular formula is C15H12ClF3O5. The molecule has 0 fully saturated rings. The molecule has 2 rings (SSSR count). The lowest BCUT2D eigenvalue weighted by Crippen LogP contribution is -2.40. The van der Waals surface area contributed by atoms with Crippen LogP contribution >= 0.6 is 11.6 Å². The van der Waals surface area contributed by atoms with Gasteiger partial charge in [0.15, 0.2) is 0 Å². The minimum Gasteiger partial charge on any atom is -0.481 e. The van der Waals surface area contributed by atoms with Crippen LogP contribution in [0.4, 0.5) is 13.2 Å². The van der Waals surface area contributed by atoms with E-state index in [4.69, 9.17) is 21.4 Å². The quantitative estimate of drug-likeness (QED) is 0.857. The van der Waals surface area contributed by atoms with E-state index in [0.717, 1.165) is 12.1 Å². The number of rotatable bonds is 3. The molecular weight excluding hydrogens is 353 g/mol. The normalized spacial score (nSPS) is 17.6. The van der Waals surface area contributed by atoms with E-state index in [1.165, 1.54) is 19.9 Å². The van der Waals surface area contributed by atoms with Crippen molar-refractivity contribution < 1.29 is 37.7 Å². The monoisotopic (exact) mass is 364 g/mol. The highest BCUT2D eigenvalue weighted by atomic mass is 35.5. The lowest BCUT2D eigenvalue weighted by Gasteiger charge is -2.29. The molecule has 0 saturated heterocycles. The van der Waals surface area contributed by atoms with Gasteiger partial charge in [0.25, 0.3) is 0 Å². The van der Waals surface area contributed by atoms with E-state index >= 15 is 0 Å². The second-order valence-corrected chi connectivity index (χ2v) is 6.15. The van der Waals surface area contributed by atoms with Crippen LogP contribution in [0, 0.1) is 0 Å². The van der Waals surface area contributed by atoms with Crippen LogP contribution in [0.1, 0.15) is 25.0 Å². The van der Waals surface area contributed by atoms with Crippen LogP contribution in [-0.2, 0) is 15.0 Å². The number of fused-ring (bicyclic) bond motifs is 1. The van der Waals surface area contributed by atoms with Gasteiger partial charge in [0.05, 0.1) is 11.0 Å². The van der Waals surface area contributed by atoms with Crippen molar-refractivity contribution in [3.8, 4) is 5.75 Å². The van der Waals surface area contributed by atoms with Gasteiger partial charge in [-0.1, -0.05) is 11.6 Å². The molecule has 24 heavy (non-hydrogen) atoms.